The molecule has 0 aliphatic carbocycles. The van der Waals surface area contributed by atoms with Gasteiger partial charge in [0.1, 0.15) is 0 Å². The Hall–Kier alpha value is -7.17. The molecule has 0 fully saturated rings. The molecule has 7 aromatic carbocycles. The Morgan fingerprint density at radius 1 is 0.358 bits per heavy atom. The van der Waals surface area contributed by atoms with Crippen LogP contribution in [-0.4, -0.2) is 19.5 Å². The summed E-state index contributed by atoms with van der Waals surface area (Å²) in [5, 5.41) is 3.60. The number of aromatic nitrogens is 4. The van der Waals surface area contributed by atoms with Crippen LogP contribution in [0.4, 0.5) is 0 Å². The zero-order valence-corrected chi connectivity index (χ0v) is 28.8. The van der Waals surface area contributed by atoms with Gasteiger partial charge < -0.3 is 4.57 Å². The van der Waals surface area contributed by atoms with E-state index >= 15 is 0 Å². The van der Waals surface area contributed by atoms with Crippen LogP contribution in [-0.2, 0) is 0 Å². The van der Waals surface area contributed by atoms with Gasteiger partial charge in [0, 0.05) is 44.1 Å². The molecular formula is C49H32N4. The summed E-state index contributed by atoms with van der Waals surface area (Å²) < 4.78 is 2.38. The molecule has 0 unspecified atom stereocenters. The minimum absolute atomic E-state index is 0.713. The number of para-hydroxylation sites is 2. The third kappa shape index (κ3) is 5.45. The first kappa shape index (κ1) is 30.6. The maximum Gasteiger partial charge on any atom is 0.160 e. The molecule has 248 valence electrons. The molecule has 0 saturated heterocycles. The fourth-order valence-corrected chi connectivity index (χ4v) is 7.46. The Morgan fingerprint density at radius 2 is 0.849 bits per heavy atom. The Labute approximate surface area is 307 Å². The second-order valence-electron chi connectivity index (χ2n) is 13.2. The average Bonchev–Trinajstić information content (AvgIpc) is 3.60. The summed E-state index contributed by atoms with van der Waals surface area (Å²) in [6.45, 7) is 0. The molecule has 4 heteroatoms. The van der Waals surface area contributed by atoms with Gasteiger partial charge in [-0.1, -0.05) is 164 Å². The zero-order chi connectivity index (χ0) is 35.1. The SMILES string of the molecule is c1ccc(-c2cc(-c3ccc(-c4ccc(-n5c6ccccc6c6c7ccccc7nc(-c7ccccc7)c65)cc4)cc3)nc(-c3ccccc3)n2)cc1. The lowest BCUT2D eigenvalue weighted by atomic mass is 10.0. The molecule has 0 aliphatic rings. The van der Waals surface area contributed by atoms with Crippen LogP contribution in [0.5, 0.6) is 0 Å². The highest BCUT2D eigenvalue weighted by molar-refractivity contribution is 6.23. The molecule has 0 radical (unpaired) electrons. The number of nitrogens with zero attached hydrogens (tertiary/aromatic N) is 4. The number of benzene rings is 7. The van der Waals surface area contributed by atoms with Crippen molar-refractivity contribution in [3.05, 3.63) is 194 Å². The Balaban J connectivity index is 1.06. The van der Waals surface area contributed by atoms with Crippen LogP contribution in [0.15, 0.2) is 194 Å². The molecule has 0 bridgehead atoms. The minimum Gasteiger partial charge on any atom is -0.307 e. The van der Waals surface area contributed by atoms with Gasteiger partial charge >= 0.3 is 0 Å². The Bertz CT molecular complexity index is 2840. The third-order valence-corrected chi connectivity index (χ3v) is 10.0. The first-order valence-corrected chi connectivity index (χ1v) is 17.9. The maximum absolute atomic E-state index is 5.27. The standard InChI is InChI=1S/C49H32N4/c1-4-14-35(15-5-1)43-32-44(52-49(51-43)38-18-8-3-9-19-38)36-26-24-33(25-27-36)34-28-30-39(31-29-34)53-45-23-13-11-21-41(45)46-40-20-10-12-22-42(40)50-47(48(46)53)37-16-6-2-7-17-37/h1-32H. The number of fused-ring (bicyclic) bond motifs is 5. The predicted molar refractivity (Wildman–Crippen MR) is 219 cm³/mol. The summed E-state index contributed by atoms with van der Waals surface area (Å²) in [5.41, 5.74) is 13.6. The fourth-order valence-electron chi connectivity index (χ4n) is 7.46. The van der Waals surface area contributed by atoms with E-state index in [4.69, 9.17) is 15.0 Å². The van der Waals surface area contributed by atoms with Crippen molar-refractivity contribution in [2.75, 3.05) is 0 Å². The van der Waals surface area contributed by atoms with Crippen molar-refractivity contribution in [3.63, 3.8) is 0 Å². The second-order valence-corrected chi connectivity index (χ2v) is 13.2. The molecule has 10 rings (SSSR count). The van der Waals surface area contributed by atoms with E-state index in [1.807, 2.05) is 36.4 Å². The summed E-state index contributed by atoms with van der Waals surface area (Å²) >= 11 is 0. The molecule has 0 spiro atoms. The molecule has 0 amide bonds. The number of pyridine rings is 1. The van der Waals surface area contributed by atoms with Crippen LogP contribution in [0, 0.1) is 0 Å². The van der Waals surface area contributed by atoms with Gasteiger partial charge in [-0.25, -0.2) is 15.0 Å². The minimum atomic E-state index is 0.713. The van der Waals surface area contributed by atoms with Crippen molar-refractivity contribution in [1.29, 1.82) is 0 Å². The van der Waals surface area contributed by atoms with Crippen LogP contribution >= 0.6 is 0 Å². The van der Waals surface area contributed by atoms with Gasteiger partial charge in [0.15, 0.2) is 5.82 Å². The van der Waals surface area contributed by atoms with Gasteiger partial charge in [0.25, 0.3) is 0 Å². The average molecular weight is 677 g/mol. The normalized spacial score (nSPS) is 11.4. The lowest BCUT2D eigenvalue weighted by molar-refractivity contribution is 1.17. The third-order valence-electron chi connectivity index (χ3n) is 10.0. The van der Waals surface area contributed by atoms with E-state index in [9.17, 15) is 0 Å². The molecular weight excluding hydrogens is 645 g/mol. The van der Waals surface area contributed by atoms with Crippen molar-refractivity contribution in [3.8, 4) is 62.0 Å². The Morgan fingerprint density at radius 3 is 1.51 bits per heavy atom. The molecule has 4 nitrogen and oxygen atoms in total. The van der Waals surface area contributed by atoms with Crippen molar-refractivity contribution in [2.24, 2.45) is 0 Å². The summed E-state index contributed by atoms with van der Waals surface area (Å²) in [4.78, 5) is 15.2. The molecule has 0 aliphatic heterocycles. The van der Waals surface area contributed by atoms with Crippen LogP contribution in [0.25, 0.3) is 94.7 Å². The molecule has 0 atom stereocenters. The summed E-state index contributed by atoms with van der Waals surface area (Å²) in [5.74, 6) is 0.713. The summed E-state index contributed by atoms with van der Waals surface area (Å²) in [6.07, 6.45) is 0. The maximum atomic E-state index is 5.27. The second kappa shape index (κ2) is 12.9. The Kier molecular flexibility index (Phi) is 7.43. The lowest BCUT2D eigenvalue weighted by Crippen LogP contribution is -1.97. The van der Waals surface area contributed by atoms with Gasteiger partial charge in [-0.15, -0.1) is 0 Å². The summed E-state index contributed by atoms with van der Waals surface area (Å²) in [7, 11) is 0. The van der Waals surface area contributed by atoms with Gasteiger partial charge in [-0.05, 0) is 41.5 Å². The van der Waals surface area contributed by atoms with E-state index < -0.39 is 0 Å². The van der Waals surface area contributed by atoms with Crippen LogP contribution in [0.3, 0.4) is 0 Å². The van der Waals surface area contributed by atoms with Crippen molar-refractivity contribution in [2.45, 2.75) is 0 Å². The quantitative estimate of drug-likeness (QED) is 0.176. The first-order valence-electron chi connectivity index (χ1n) is 17.9. The van der Waals surface area contributed by atoms with Crippen molar-refractivity contribution in [1.82, 2.24) is 19.5 Å². The van der Waals surface area contributed by atoms with E-state index in [-0.39, 0.29) is 0 Å². The van der Waals surface area contributed by atoms with E-state index in [1.165, 1.54) is 10.8 Å². The van der Waals surface area contributed by atoms with E-state index in [0.717, 1.165) is 78.1 Å². The van der Waals surface area contributed by atoms with Crippen molar-refractivity contribution >= 4 is 32.7 Å². The summed E-state index contributed by atoms with van der Waals surface area (Å²) in [6, 6.07) is 67.8. The number of rotatable bonds is 6. The highest BCUT2D eigenvalue weighted by Gasteiger charge is 2.20. The molecule has 53 heavy (non-hydrogen) atoms. The molecule has 3 heterocycles. The van der Waals surface area contributed by atoms with Gasteiger partial charge in [0.2, 0.25) is 0 Å². The molecule has 0 N–H and O–H groups in total. The largest absolute Gasteiger partial charge is 0.307 e. The molecule has 0 saturated carbocycles. The lowest BCUT2D eigenvalue weighted by Gasteiger charge is -2.13. The number of hydrogen-bond acceptors (Lipinski definition) is 3. The van der Waals surface area contributed by atoms with E-state index in [2.05, 4.69) is 162 Å². The van der Waals surface area contributed by atoms with Crippen LogP contribution in [0.1, 0.15) is 0 Å². The van der Waals surface area contributed by atoms with E-state index in [0.29, 0.717) is 5.82 Å². The monoisotopic (exact) mass is 676 g/mol. The highest BCUT2D eigenvalue weighted by Crippen LogP contribution is 2.41. The highest BCUT2D eigenvalue weighted by atomic mass is 15.0. The predicted octanol–water partition coefficient (Wildman–Crippen LogP) is 12.5. The topological polar surface area (TPSA) is 43.6 Å². The fraction of sp³-hybridized carbons (Fsp3) is 0. The molecule has 3 aromatic heterocycles. The smallest absolute Gasteiger partial charge is 0.160 e. The van der Waals surface area contributed by atoms with Crippen LogP contribution in [0.2, 0.25) is 0 Å². The number of hydrogen-bond donors (Lipinski definition) is 0. The van der Waals surface area contributed by atoms with Gasteiger partial charge in [0.05, 0.1) is 33.6 Å². The zero-order valence-electron chi connectivity index (χ0n) is 28.8. The van der Waals surface area contributed by atoms with Crippen LogP contribution < -0.4 is 0 Å². The van der Waals surface area contributed by atoms with Gasteiger partial charge in [-0.2, -0.15) is 0 Å². The first-order chi connectivity index (χ1) is 26.3. The van der Waals surface area contributed by atoms with E-state index in [1.54, 1.807) is 0 Å². The molecule has 10 aromatic rings. The van der Waals surface area contributed by atoms with Crippen molar-refractivity contribution < 1.29 is 0 Å². The van der Waals surface area contributed by atoms with Gasteiger partial charge in [-0.3, -0.25) is 0 Å².